The Balaban J connectivity index is 1.55. The third-order valence-corrected chi connectivity index (χ3v) is 8.66. The zero-order valence-corrected chi connectivity index (χ0v) is 22.8. The summed E-state index contributed by atoms with van der Waals surface area (Å²) in [5.74, 6) is 0.734. The third-order valence-electron chi connectivity index (χ3n) is 5.49. The highest BCUT2D eigenvalue weighted by Gasteiger charge is 2.25. The number of amides is 1. The molecule has 0 fully saturated rings. The van der Waals surface area contributed by atoms with Gasteiger partial charge in [0.2, 0.25) is 5.91 Å². The smallest absolute Gasteiger partial charge is 0.341 e. The Morgan fingerprint density at radius 1 is 1.06 bits per heavy atom. The van der Waals surface area contributed by atoms with E-state index in [1.54, 1.807) is 11.8 Å². The van der Waals surface area contributed by atoms with Crippen molar-refractivity contribution in [3.05, 3.63) is 82.5 Å². The average molecular weight is 539 g/mol. The van der Waals surface area contributed by atoms with Gasteiger partial charge >= 0.3 is 5.97 Å². The van der Waals surface area contributed by atoms with Crippen molar-refractivity contribution in [3.8, 4) is 5.69 Å². The van der Waals surface area contributed by atoms with Crippen LogP contribution in [-0.2, 0) is 15.3 Å². The van der Waals surface area contributed by atoms with Gasteiger partial charge in [0.05, 0.1) is 23.7 Å². The van der Waals surface area contributed by atoms with Gasteiger partial charge in [0.15, 0.2) is 5.16 Å². The fraction of sp³-hybridized carbons (Fsp3) is 0.231. The number of carbonyl (C=O) groups is 2. The van der Waals surface area contributed by atoms with Crippen LogP contribution in [0.5, 0.6) is 0 Å². The van der Waals surface area contributed by atoms with Gasteiger partial charge in [0.1, 0.15) is 10.8 Å². The number of thioether (sulfide) groups is 2. The molecule has 2 aromatic carbocycles. The van der Waals surface area contributed by atoms with Gasteiger partial charge in [-0.1, -0.05) is 48.2 Å². The number of esters is 1. The van der Waals surface area contributed by atoms with Crippen LogP contribution in [0.1, 0.15) is 33.5 Å². The molecule has 10 heteroatoms. The van der Waals surface area contributed by atoms with Crippen LogP contribution in [0, 0.1) is 13.8 Å². The SMILES string of the molecule is COC(=O)c1c(NC(=O)C(C)Sc2nnc(CSc3ccccc3)n2-c2ccccc2)sc(C)c1C. The van der Waals surface area contributed by atoms with Gasteiger partial charge in [-0.3, -0.25) is 9.36 Å². The molecule has 0 radical (unpaired) electrons. The second-order valence-corrected chi connectivity index (χ2v) is 11.5. The first-order valence-electron chi connectivity index (χ1n) is 11.2. The summed E-state index contributed by atoms with van der Waals surface area (Å²) < 4.78 is 6.91. The van der Waals surface area contributed by atoms with Crippen LogP contribution in [0.25, 0.3) is 5.69 Å². The van der Waals surface area contributed by atoms with Crippen LogP contribution in [0.15, 0.2) is 70.7 Å². The molecule has 186 valence electrons. The minimum absolute atomic E-state index is 0.228. The van der Waals surface area contributed by atoms with Crippen LogP contribution in [0.2, 0.25) is 0 Å². The predicted octanol–water partition coefficient (Wildman–Crippen LogP) is 6.14. The van der Waals surface area contributed by atoms with Crippen molar-refractivity contribution in [2.75, 3.05) is 12.4 Å². The number of hydrogen-bond donors (Lipinski definition) is 1. The van der Waals surface area contributed by atoms with E-state index in [-0.39, 0.29) is 5.91 Å². The van der Waals surface area contributed by atoms with Gasteiger partial charge in [-0.2, -0.15) is 0 Å². The van der Waals surface area contributed by atoms with Gasteiger partial charge < -0.3 is 10.1 Å². The van der Waals surface area contributed by atoms with E-state index >= 15 is 0 Å². The molecule has 0 aliphatic heterocycles. The maximum atomic E-state index is 13.1. The maximum absolute atomic E-state index is 13.1. The fourth-order valence-corrected chi connectivity index (χ4v) is 6.23. The molecule has 36 heavy (non-hydrogen) atoms. The molecule has 2 aromatic heterocycles. The van der Waals surface area contributed by atoms with E-state index < -0.39 is 11.2 Å². The Morgan fingerprint density at radius 3 is 2.39 bits per heavy atom. The number of aromatic nitrogens is 3. The number of aryl methyl sites for hydroxylation is 1. The van der Waals surface area contributed by atoms with Gasteiger partial charge in [-0.15, -0.1) is 33.3 Å². The number of rotatable bonds is 9. The molecule has 0 bridgehead atoms. The maximum Gasteiger partial charge on any atom is 0.341 e. The molecule has 0 spiro atoms. The lowest BCUT2D eigenvalue weighted by atomic mass is 10.1. The Hall–Kier alpha value is -3.08. The summed E-state index contributed by atoms with van der Waals surface area (Å²) in [6.45, 7) is 5.58. The van der Waals surface area contributed by atoms with Crippen molar-refractivity contribution in [2.24, 2.45) is 0 Å². The monoisotopic (exact) mass is 538 g/mol. The lowest BCUT2D eigenvalue weighted by Gasteiger charge is -2.14. The van der Waals surface area contributed by atoms with Crippen molar-refractivity contribution >= 4 is 51.7 Å². The molecular weight excluding hydrogens is 513 g/mol. The number of thiophene rings is 1. The van der Waals surface area contributed by atoms with Crippen molar-refractivity contribution in [3.63, 3.8) is 0 Å². The lowest BCUT2D eigenvalue weighted by Crippen LogP contribution is -2.23. The fourth-order valence-electron chi connectivity index (χ4n) is 3.46. The number of nitrogens with zero attached hydrogens (tertiary/aromatic N) is 3. The molecule has 7 nitrogen and oxygen atoms in total. The molecule has 1 amide bonds. The summed E-state index contributed by atoms with van der Waals surface area (Å²) in [6.07, 6.45) is 0. The summed E-state index contributed by atoms with van der Waals surface area (Å²) in [4.78, 5) is 27.5. The van der Waals surface area contributed by atoms with E-state index in [0.29, 0.717) is 21.5 Å². The predicted molar refractivity (Wildman–Crippen MR) is 146 cm³/mol. The number of methoxy groups -OCH3 is 1. The summed E-state index contributed by atoms with van der Waals surface area (Å²) in [6, 6.07) is 20.0. The van der Waals surface area contributed by atoms with Gasteiger partial charge in [0, 0.05) is 15.5 Å². The number of nitrogens with one attached hydrogen (secondary N) is 1. The van der Waals surface area contributed by atoms with E-state index in [1.807, 2.05) is 73.9 Å². The molecule has 0 aliphatic carbocycles. The zero-order valence-electron chi connectivity index (χ0n) is 20.3. The highest BCUT2D eigenvalue weighted by Crippen LogP contribution is 2.34. The van der Waals surface area contributed by atoms with Crippen molar-refractivity contribution < 1.29 is 14.3 Å². The number of ether oxygens (including phenoxy) is 1. The highest BCUT2D eigenvalue weighted by atomic mass is 32.2. The zero-order chi connectivity index (χ0) is 25.7. The normalized spacial score (nSPS) is 11.8. The number of anilines is 1. The minimum atomic E-state index is -0.487. The number of carbonyl (C=O) groups excluding carboxylic acids is 2. The van der Waals surface area contributed by atoms with Crippen molar-refractivity contribution in [2.45, 2.75) is 41.8 Å². The largest absolute Gasteiger partial charge is 0.465 e. The molecule has 0 saturated carbocycles. The summed E-state index contributed by atoms with van der Waals surface area (Å²) >= 11 is 4.37. The summed E-state index contributed by atoms with van der Waals surface area (Å²) in [5.41, 5.74) is 2.14. The number of hydrogen-bond acceptors (Lipinski definition) is 8. The highest BCUT2D eigenvalue weighted by molar-refractivity contribution is 8.00. The quantitative estimate of drug-likeness (QED) is 0.202. The Kier molecular flexibility index (Phi) is 8.50. The number of para-hydroxylation sites is 1. The minimum Gasteiger partial charge on any atom is -0.465 e. The molecule has 2 heterocycles. The molecular formula is C26H26N4O3S3. The summed E-state index contributed by atoms with van der Waals surface area (Å²) in [5, 5.41) is 12.4. The molecule has 4 aromatic rings. The van der Waals surface area contributed by atoms with Crippen LogP contribution in [0.4, 0.5) is 5.00 Å². The van der Waals surface area contributed by atoms with Crippen LogP contribution in [-0.4, -0.2) is 39.0 Å². The van der Waals surface area contributed by atoms with E-state index in [2.05, 4.69) is 27.6 Å². The van der Waals surface area contributed by atoms with E-state index in [9.17, 15) is 9.59 Å². The Bertz CT molecular complexity index is 1350. The Morgan fingerprint density at radius 2 is 1.72 bits per heavy atom. The average Bonchev–Trinajstić information content (AvgIpc) is 3.42. The first kappa shape index (κ1) is 26.0. The second-order valence-electron chi connectivity index (χ2n) is 7.90. The topological polar surface area (TPSA) is 86.1 Å². The molecule has 1 atom stereocenters. The molecule has 1 unspecified atom stereocenters. The van der Waals surface area contributed by atoms with Crippen molar-refractivity contribution in [1.29, 1.82) is 0 Å². The summed E-state index contributed by atoms with van der Waals surface area (Å²) in [7, 11) is 1.34. The van der Waals surface area contributed by atoms with Gasteiger partial charge in [0.25, 0.3) is 0 Å². The van der Waals surface area contributed by atoms with E-state index in [4.69, 9.17) is 4.74 Å². The van der Waals surface area contributed by atoms with Gasteiger partial charge in [-0.25, -0.2) is 4.79 Å². The van der Waals surface area contributed by atoms with Crippen molar-refractivity contribution in [1.82, 2.24) is 14.8 Å². The number of benzene rings is 2. The molecule has 0 aliphatic rings. The third kappa shape index (κ3) is 5.83. The molecule has 4 rings (SSSR count). The van der Waals surface area contributed by atoms with E-state index in [1.165, 1.54) is 30.2 Å². The molecule has 1 N–H and O–H groups in total. The second kappa shape index (κ2) is 11.8. The van der Waals surface area contributed by atoms with Crippen LogP contribution < -0.4 is 5.32 Å². The van der Waals surface area contributed by atoms with Crippen LogP contribution in [0.3, 0.4) is 0 Å². The lowest BCUT2D eigenvalue weighted by molar-refractivity contribution is -0.115. The first-order valence-corrected chi connectivity index (χ1v) is 13.9. The molecule has 0 saturated heterocycles. The Labute approximate surface area is 222 Å². The van der Waals surface area contributed by atoms with Crippen LogP contribution >= 0.6 is 34.9 Å². The first-order chi connectivity index (χ1) is 17.4. The standard InChI is InChI=1S/C26H26N4O3S3/c1-16-17(2)35-24(22(16)25(32)33-4)27-23(31)18(3)36-26-29-28-21(15-34-20-13-9-6-10-14-20)30(26)19-11-7-5-8-12-19/h5-14,18H,15H2,1-4H3,(H,27,31). The van der Waals surface area contributed by atoms with E-state index in [0.717, 1.165) is 26.8 Å². The van der Waals surface area contributed by atoms with Gasteiger partial charge in [-0.05, 0) is 50.6 Å².